The van der Waals surface area contributed by atoms with E-state index in [1.807, 2.05) is 15.1 Å². The fourth-order valence-corrected chi connectivity index (χ4v) is 0.828. The Morgan fingerprint density at radius 1 is 1.10 bits per heavy atom. The van der Waals surface area contributed by atoms with E-state index in [1.165, 1.54) is 0 Å². The molecule has 0 aromatic heterocycles. The third-order valence-corrected chi connectivity index (χ3v) is 1.51. The van der Waals surface area contributed by atoms with E-state index in [0.29, 0.717) is 0 Å². The quantitative estimate of drug-likeness (QED) is 0.480. The maximum atomic E-state index is 3.06. The highest BCUT2D eigenvalue weighted by Crippen LogP contribution is 1.89. The Bertz CT molecular complexity index is 91.7. The van der Waals surface area contributed by atoms with Crippen molar-refractivity contribution in [2.75, 3.05) is 13.1 Å². The van der Waals surface area contributed by atoms with E-state index in [4.69, 9.17) is 0 Å². The SMILES string of the molecule is CCN1[B]N[B]N(CC)[B]1. The first-order chi connectivity index (χ1) is 4.86. The summed E-state index contributed by atoms with van der Waals surface area (Å²) in [6, 6.07) is 0. The van der Waals surface area contributed by atoms with E-state index < -0.39 is 0 Å². The number of nitrogens with zero attached hydrogens (tertiary/aromatic N) is 2. The van der Waals surface area contributed by atoms with Gasteiger partial charge in [-0.15, -0.1) is 0 Å². The molecule has 10 heavy (non-hydrogen) atoms. The second-order valence-corrected chi connectivity index (χ2v) is 2.20. The van der Waals surface area contributed by atoms with Crippen LogP contribution in [0.25, 0.3) is 0 Å². The minimum atomic E-state index is 1.01. The molecule has 3 nitrogen and oxygen atoms in total. The molecule has 1 aliphatic rings. The zero-order valence-corrected chi connectivity index (χ0v) is 6.54. The molecule has 0 spiro atoms. The number of hydrogen-bond acceptors (Lipinski definition) is 3. The number of hydrogen-bond donors (Lipinski definition) is 1. The van der Waals surface area contributed by atoms with Gasteiger partial charge in [0.25, 0.3) is 22.6 Å². The van der Waals surface area contributed by atoms with Crippen molar-refractivity contribution in [1.82, 2.24) is 14.6 Å². The normalized spacial score (nSPS) is 21.0. The van der Waals surface area contributed by atoms with Crippen molar-refractivity contribution in [2.24, 2.45) is 0 Å². The molecule has 0 aromatic rings. The van der Waals surface area contributed by atoms with Crippen molar-refractivity contribution in [3.05, 3.63) is 0 Å². The maximum Gasteiger partial charge on any atom is 0.290 e. The molecule has 1 N–H and O–H groups in total. The molecule has 0 saturated carbocycles. The van der Waals surface area contributed by atoms with Gasteiger partial charge in [-0.05, 0) is 13.1 Å². The highest BCUT2D eigenvalue weighted by molar-refractivity contribution is 6.64. The van der Waals surface area contributed by atoms with Crippen LogP contribution in [0, 0.1) is 0 Å². The minimum absolute atomic E-state index is 1.01. The Morgan fingerprint density at radius 2 is 1.60 bits per heavy atom. The first kappa shape index (κ1) is 8.17. The van der Waals surface area contributed by atoms with Crippen molar-refractivity contribution < 1.29 is 0 Å². The van der Waals surface area contributed by atoms with E-state index in [1.54, 1.807) is 0 Å². The van der Waals surface area contributed by atoms with E-state index in [0.717, 1.165) is 13.1 Å². The van der Waals surface area contributed by atoms with E-state index in [2.05, 4.69) is 36.0 Å². The highest BCUT2D eigenvalue weighted by atomic mass is 15.2. The standard InChI is InChI=1S/C4H11B3N3/c1-3-9-5-8-6-10(4-2)7-9/h8H,3-4H2,1-2H3. The zero-order valence-electron chi connectivity index (χ0n) is 6.54. The van der Waals surface area contributed by atoms with Crippen LogP contribution in [0.4, 0.5) is 0 Å². The molecule has 1 saturated heterocycles. The predicted octanol–water partition coefficient (Wildman–Crippen LogP) is -1.16. The first-order valence-electron chi connectivity index (χ1n) is 3.66. The van der Waals surface area contributed by atoms with Crippen molar-refractivity contribution in [2.45, 2.75) is 13.8 Å². The monoisotopic (exact) mass is 134 g/mol. The van der Waals surface area contributed by atoms with Gasteiger partial charge in [0.15, 0.2) is 0 Å². The van der Waals surface area contributed by atoms with Gasteiger partial charge in [0.2, 0.25) is 0 Å². The Hall–Kier alpha value is 0.0748. The molecular formula is C4H11B3N3. The van der Waals surface area contributed by atoms with Crippen molar-refractivity contribution in [3.8, 4) is 0 Å². The molecule has 3 radical (unpaired) electrons. The smallest absolute Gasteiger partial charge is 0.290 e. The third kappa shape index (κ3) is 2.04. The van der Waals surface area contributed by atoms with Gasteiger partial charge in [-0.3, -0.25) is 0 Å². The molecule has 6 heteroatoms. The van der Waals surface area contributed by atoms with Crippen LogP contribution in [0.2, 0.25) is 0 Å². The van der Waals surface area contributed by atoms with Crippen LogP contribution in [-0.4, -0.2) is 45.2 Å². The third-order valence-electron chi connectivity index (χ3n) is 1.51. The summed E-state index contributed by atoms with van der Waals surface area (Å²) >= 11 is 0. The van der Waals surface area contributed by atoms with Crippen molar-refractivity contribution in [1.29, 1.82) is 0 Å². The van der Waals surface area contributed by atoms with Gasteiger partial charge < -0.3 is 14.6 Å². The lowest BCUT2D eigenvalue weighted by atomic mass is 9.77. The van der Waals surface area contributed by atoms with Crippen LogP contribution in [0.5, 0.6) is 0 Å². The van der Waals surface area contributed by atoms with Crippen LogP contribution in [0.15, 0.2) is 0 Å². The molecule has 1 fully saturated rings. The average molecular weight is 134 g/mol. The van der Waals surface area contributed by atoms with E-state index >= 15 is 0 Å². The number of nitrogens with one attached hydrogen (secondary N) is 1. The van der Waals surface area contributed by atoms with Crippen LogP contribution in [-0.2, 0) is 0 Å². The van der Waals surface area contributed by atoms with Crippen molar-refractivity contribution in [3.63, 3.8) is 0 Å². The second-order valence-electron chi connectivity index (χ2n) is 2.20. The zero-order chi connectivity index (χ0) is 7.40. The Labute approximate surface area is 65.0 Å². The summed E-state index contributed by atoms with van der Waals surface area (Å²) in [7, 11) is 5.98. The van der Waals surface area contributed by atoms with Gasteiger partial charge in [-0.2, -0.15) is 0 Å². The average Bonchev–Trinajstić information content (AvgIpc) is 2.05. The van der Waals surface area contributed by atoms with Gasteiger partial charge in [0, 0.05) is 0 Å². The van der Waals surface area contributed by atoms with Gasteiger partial charge >= 0.3 is 0 Å². The maximum absolute atomic E-state index is 3.06. The molecule has 0 aliphatic carbocycles. The molecule has 0 atom stereocenters. The summed E-state index contributed by atoms with van der Waals surface area (Å²) in [5, 5.41) is 3.06. The largest absolute Gasteiger partial charge is 0.379 e. The minimum Gasteiger partial charge on any atom is -0.379 e. The molecule has 1 aliphatic heterocycles. The second kappa shape index (κ2) is 4.06. The van der Waals surface area contributed by atoms with E-state index in [-0.39, 0.29) is 0 Å². The summed E-state index contributed by atoms with van der Waals surface area (Å²) in [6.45, 7) is 6.26. The summed E-state index contributed by atoms with van der Waals surface area (Å²) < 4.78 is 4.20. The molecule has 0 aromatic carbocycles. The van der Waals surface area contributed by atoms with Crippen LogP contribution in [0.3, 0.4) is 0 Å². The summed E-state index contributed by atoms with van der Waals surface area (Å²) in [5.74, 6) is 0. The molecule has 0 amide bonds. The van der Waals surface area contributed by atoms with Gasteiger partial charge in [-0.25, -0.2) is 0 Å². The van der Waals surface area contributed by atoms with Crippen LogP contribution < -0.4 is 5.14 Å². The van der Waals surface area contributed by atoms with Crippen LogP contribution in [0.1, 0.15) is 13.8 Å². The summed E-state index contributed by atoms with van der Waals surface area (Å²) in [4.78, 5) is 0. The molecule has 0 unspecified atom stereocenters. The van der Waals surface area contributed by atoms with Gasteiger partial charge in [-0.1, -0.05) is 13.8 Å². The predicted molar refractivity (Wildman–Crippen MR) is 45.2 cm³/mol. The Balaban J connectivity index is 2.25. The topological polar surface area (TPSA) is 18.5 Å². The lowest BCUT2D eigenvalue weighted by molar-refractivity contribution is 0.588. The van der Waals surface area contributed by atoms with Gasteiger partial charge in [0.1, 0.15) is 0 Å². The summed E-state index contributed by atoms with van der Waals surface area (Å²) in [6.07, 6.45) is 0. The van der Waals surface area contributed by atoms with E-state index in [9.17, 15) is 0 Å². The van der Waals surface area contributed by atoms with Crippen LogP contribution >= 0.6 is 0 Å². The molecule has 51 valence electrons. The van der Waals surface area contributed by atoms with Crippen molar-refractivity contribution >= 4 is 22.6 Å². The fraction of sp³-hybridized carbons (Fsp3) is 1.00. The summed E-state index contributed by atoms with van der Waals surface area (Å²) in [5.41, 5.74) is 0. The molecule has 1 heterocycles. The lowest BCUT2D eigenvalue weighted by Crippen LogP contribution is -2.59. The Kier molecular flexibility index (Phi) is 3.32. The molecule has 0 bridgehead atoms. The first-order valence-corrected chi connectivity index (χ1v) is 3.66. The fourth-order valence-electron chi connectivity index (χ4n) is 0.828. The Morgan fingerprint density at radius 3 is 2.00 bits per heavy atom. The van der Waals surface area contributed by atoms with Gasteiger partial charge in [0.05, 0.1) is 0 Å². The molecule has 1 rings (SSSR count). The molecular weight excluding hydrogens is 123 g/mol. The number of rotatable bonds is 2. The highest BCUT2D eigenvalue weighted by Gasteiger charge is 2.18. The lowest BCUT2D eigenvalue weighted by Gasteiger charge is -2.31.